The van der Waals surface area contributed by atoms with Crippen LogP contribution in [-0.4, -0.2) is 36.2 Å². The highest BCUT2D eigenvalue weighted by Gasteiger charge is 2.20. The van der Waals surface area contributed by atoms with E-state index in [1.807, 2.05) is 24.3 Å². The first-order chi connectivity index (χ1) is 13.2. The number of hydrogen-bond acceptors (Lipinski definition) is 2. The van der Waals surface area contributed by atoms with Crippen molar-refractivity contribution in [2.75, 3.05) is 26.2 Å². The van der Waals surface area contributed by atoms with Gasteiger partial charge in [0.15, 0.2) is 0 Å². The number of hydrogen-bond donors (Lipinski definition) is 1. The van der Waals surface area contributed by atoms with Gasteiger partial charge in [0.1, 0.15) is 11.6 Å². The van der Waals surface area contributed by atoms with Gasteiger partial charge in [0.2, 0.25) is 0 Å². The van der Waals surface area contributed by atoms with E-state index >= 15 is 0 Å². The molecule has 0 aliphatic carbocycles. The number of benzene rings is 2. The van der Waals surface area contributed by atoms with Gasteiger partial charge >= 0.3 is 0 Å². The largest absolute Gasteiger partial charge is 0.396 e. The van der Waals surface area contributed by atoms with Gasteiger partial charge in [0.25, 0.3) is 0 Å². The summed E-state index contributed by atoms with van der Waals surface area (Å²) in [6.45, 7) is 3.54. The van der Waals surface area contributed by atoms with E-state index < -0.39 is 0 Å². The first-order valence-electron chi connectivity index (χ1n) is 10.00. The van der Waals surface area contributed by atoms with E-state index in [0.29, 0.717) is 12.5 Å². The third kappa shape index (κ3) is 5.85. The molecule has 0 radical (unpaired) electrons. The lowest BCUT2D eigenvalue weighted by molar-refractivity contribution is 0.156. The van der Waals surface area contributed by atoms with Crippen LogP contribution in [0.2, 0.25) is 0 Å². The van der Waals surface area contributed by atoms with Crippen LogP contribution in [0.4, 0.5) is 8.78 Å². The van der Waals surface area contributed by atoms with Crippen molar-refractivity contribution in [2.24, 2.45) is 5.92 Å². The maximum absolute atomic E-state index is 13.3. The van der Waals surface area contributed by atoms with Crippen molar-refractivity contribution in [2.45, 2.75) is 38.0 Å². The molecular formula is C23H29F2NO. The molecule has 0 saturated carbocycles. The second-order valence-corrected chi connectivity index (χ2v) is 7.60. The van der Waals surface area contributed by atoms with Crippen molar-refractivity contribution < 1.29 is 13.9 Å². The summed E-state index contributed by atoms with van der Waals surface area (Å²) in [4.78, 5) is 2.50. The zero-order valence-corrected chi connectivity index (χ0v) is 15.8. The summed E-state index contributed by atoms with van der Waals surface area (Å²) in [6.07, 6.45) is 5.25. The van der Waals surface area contributed by atoms with Crippen molar-refractivity contribution in [3.8, 4) is 0 Å². The predicted molar refractivity (Wildman–Crippen MR) is 105 cm³/mol. The van der Waals surface area contributed by atoms with E-state index in [9.17, 15) is 8.78 Å². The van der Waals surface area contributed by atoms with Crippen LogP contribution >= 0.6 is 0 Å². The molecule has 2 nitrogen and oxygen atoms in total. The molecular weight excluding hydrogens is 344 g/mol. The normalized spacial score (nSPS) is 16.1. The van der Waals surface area contributed by atoms with Gasteiger partial charge in [-0.05, 0) is 93.0 Å². The second-order valence-electron chi connectivity index (χ2n) is 7.60. The number of rotatable bonds is 8. The van der Waals surface area contributed by atoms with E-state index in [2.05, 4.69) is 4.90 Å². The number of likely N-dealkylation sites (tertiary alicyclic amines) is 1. The lowest BCUT2D eigenvalue weighted by Gasteiger charge is -2.32. The minimum Gasteiger partial charge on any atom is -0.396 e. The highest BCUT2D eigenvalue weighted by molar-refractivity contribution is 5.32. The van der Waals surface area contributed by atoms with Crippen molar-refractivity contribution in [1.82, 2.24) is 4.90 Å². The Balaban J connectivity index is 1.59. The first kappa shape index (κ1) is 20.0. The van der Waals surface area contributed by atoms with Gasteiger partial charge in [0.05, 0.1) is 0 Å². The quantitative estimate of drug-likeness (QED) is 0.706. The number of halogens is 2. The van der Waals surface area contributed by atoms with Crippen LogP contribution < -0.4 is 0 Å². The molecule has 2 aromatic rings. The molecule has 0 unspecified atom stereocenters. The summed E-state index contributed by atoms with van der Waals surface area (Å²) < 4.78 is 26.6. The van der Waals surface area contributed by atoms with Gasteiger partial charge in [-0.1, -0.05) is 24.3 Å². The van der Waals surface area contributed by atoms with E-state index in [1.165, 1.54) is 37.1 Å². The van der Waals surface area contributed by atoms with E-state index in [4.69, 9.17) is 5.11 Å². The second kappa shape index (κ2) is 9.95. The minimum absolute atomic E-state index is 0.151. The molecule has 3 rings (SSSR count). The summed E-state index contributed by atoms with van der Waals surface area (Å²) in [5, 5.41) is 9.08. The Morgan fingerprint density at radius 2 is 1.41 bits per heavy atom. The van der Waals surface area contributed by atoms with Gasteiger partial charge in [-0.25, -0.2) is 8.78 Å². The molecule has 0 bridgehead atoms. The summed E-state index contributed by atoms with van der Waals surface area (Å²) in [5.74, 6) is 0.347. The molecule has 1 heterocycles. The Morgan fingerprint density at radius 1 is 0.889 bits per heavy atom. The Kier molecular flexibility index (Phi) is 7.36. The van der Waals surface area contributed by atoms with Gasteiger partial charge < -0.3 is 10.0 Å². The standard InChI is InChI=1S/C23H29F2NO/c24-21-7-3-19(4-8-21)23(20-5-9-22(25)10-6-20)2-1-14-26-15-11-18(12-16-26)13-17-27/h3-10,18,23,27H,1-2,11-17H2. The van der Waals surface area contributed by atoms with Crippen LogP contribution in [0.25, 0.3) is 0 Å². The molecule has 1 aliphatic rings. The molecule has 1 fully saturated rings. The molecule has 146 valence electrons. The lowest BCUT2D eigenvalue weighted by atomic mass is 9.87. The molecule has 0 amide bonds. The van der Waals surface area contributed by atoms with Gasteiger partial charge in [-0.15, -0.1) is 0 Å². The highest BCUT2D eigenvalue weighted by Crippen LogP contribution is 2.30. The fraction of sp³-hybridized carbons (Fsp3) is 0.478. The van der Waals surface area contributed by atoms with Crippen LogP contribution in [0.1, 0.15) is 49.1 Å². The zero-order valence-electron chi connectivity index (χ0n) is 15.8. The lowest BCUT2D eigenvalue weighted by Crippen LogP contribution is -2.34. The van der Waals surface area contributed by atoms with Crippen molar-refractivity contribution in [1.29, 1.82) is 0 Å². The Hall–Kier alpha value is -1.78. The number of piperidine rings is 1. The molecule has 1 N–H and O–H groups in total. The van der Waals surface area contributed by atoms with E-state index in [0.717, 1.165) is 50.0 Å². The van der Waals surface area contributed by atoms with E-state index in [1.54, 1.807) is 0 Å². The highest BCUT2D eigenvalue weighted by atomic mass is 19.1. The molecule has 0 atom stereocenters. The first-order valence-corrected chi connectivity index (χ1v) is 10.00. The topological polar surface area (TPSA) is 23.5 Å². The van der Waals surface area contributed by atoms with Crippen molar-refractivity contribution in [3.63, 3.8) is 0 Å². The van der Waals surface area contributed by atoms with Gasteiger partial charge in [-0.3, -0.25) is 0 Å². The summed E-state index contributed by atoms with van der Waals surface area (Å²) in [5.41, 5.74) is 2.15. The SMILES string of the molecule is OCCC1CCN(CCCC(c2ccc(F)cc2)c2ccc(F)cc2)CC1. The average molecular weight is 373 g/mol. The smallest absolute Gasteiger partial charge is 0.123 e. The number of nitrogens with zero attached hydrogens (tertiary/aromatic N) is 1. The minimum atomic E-state index is -0.234. The maximum Gasteiger partial charge on any atom is 0.123 e. The molecule has 1 aliphatic heterocycles. The maximum atomic E-state index is 13.3. The molecule has 2 aromatic carbocycles. The molecule has 0 spiro atoms. The van der Waals surface area contributed by atoms with Crippen molar-refractivity contribution >= 4 is 0 Å². The van der Waals surface area contributed by atoms with Crippen LogP contribution in [0.5, 0.6) is 0 Å². The van der Waals surface area contributed by atoms with Crippen molar-refractivity contribution in [3.05, 3.63) is 71.3 Å². The monoisotopic (exact) mass is 373 g/mol. The molecule has 27 heavy (non-hydrogen) atoms. The third-order valence-corrected chi connectivity index (χ3v) is 5.76. The Bertz CT molecular complexity index is 633. The summed E-state index contributed by atoms with van der Waals surface area (Å²) >= 11 is 0. The number of aliphatic hydroxyl groups is 1. The molecule has 1 saturated heterocycles. The molecule has 4 heteroatoms. The van der Waals surface area contributed by atoms with E-state index in [-0.39, 0.29) is 17.6 Å². The summed E-state index contributed by atoms with van der Waals surface area (Å²) in [6, 6.07) is 13.3. The van der Waals surface area contributed by atoms with Gasteiger partial charge in [-0.2, -0.15) is 0 Å². The van der Waals surface area contributed by atoms with Crippen LogP contribution in [0.3, 0.4) is 0 Å². The van der Waals surface area contributed by atoms with Crippen LogP contribution in [0, 0.1) is 17.6 Å². The Labute approximate surface area is 160 Å². The zero-order chi connectivity index (χ0) is 19.1. The fourth-order valence-corrected chi connectivity index (χ4v) is 4.12. The fourth-order valence-electron chi connectivity index (χ4n) is 4.12. The van der Waals surface area contributed by atoms with Gasteiger partial charge in [0, 0.05) is 12.5 Å². The Morgan fingerprint density at radius 3 is 1.89 bits per heavy atom. The third-order valence-electron chi connectivity index (χ3n) is 5.76. The molecule has 0 aromatic heterocycles. The van der Waals surface area contributed by atoms with Crippen LogP contribution in [-0.2, 0) is 0 Å². The summed E-state index contributed by atoms with van der Waals surface area (Å²) in [7, 11) is 0. The predicted octanol–water partition coefficient (Wildman–Crippen LogP) is 4.97. The van der Waals surface area contributed by atoms with Crippen LogP contribution in [0.15, 0.2) is 48.5 Å². The average Bonchev–Trinajstić information content (AvgIpc) is 2.69. The number of aliphatic hydroxyl groups excluding tert-OH is 1.